The molecule has 122 valence electrons. The molecule has 0 saturated carbocycles. The highest BCUT2D eigenvalue weighted by atomic mass is 16.5. The lowest BCUT2D eigenvalue weighted by Crippen LogP contribution is -2.35. The van der Waals surface area contributed by atoms with Crippen molar-refractivity contribution in [3.63, 3.8) is 0 Å². The van der Waals surface area contributed by atoms with Crippen LogP contribution < -0.4 is 0 Å². The predicted octanol–water partition coefficient (Wildman–Crippen LogP) is 2.67. The van der Waals surface area contributed by atoms with E-state index in [1.807, 2.05) is 13.0 Å². The molecule has 4 rings (SSSR count). The standard InChI is InChI=1S/C17H20N2O4/c1-11-3-9-22-15(11)17(20)19-6-2-14-13(10-19)18-16(23-14)12-4-7-21-8-5-12/h3,9,12H,2,4-8,10H2,1H3. The number of furan rings is 1. The highest BCUT2D eigenvalue weighted by Crippen LogP contribution is 2.30. The second kappa shape index (κ2) is 5.85. The molecule has 1 fully saturated rings. The monoisotopic (exact) mass is 316 g/mol. The van der Waals surface area contributed by atoms with Gasteiger partial charge in [0.1, 0.15) is 11.5 Å². The second-order valence-electron chi connectivity index (χ2n) is 6.22. The van der Waals surface area contributed by atoms with Gasteiger partial charge in [-0.15, -0.1) is 0 Å². The summed E-state index contributed by atoms with van der Waals surface area (Å²) in [6.45, 7) is 4.53. The molecule has 2 aliphatic heterocycles. The van der Waals surface area contributed by atoms with E-state index < -0.39 is 0 Å². The molecule has 1 saturated heterocycles. The van der Waals surface area contributed by atoms with Crippen LogP contribution in [0.4, 0.5) is 0 Å². The van der Waals surface area contributed by atoms with E-state index in [1.54, 1.807) is 11.2 Å². The Balaban J connectivity index is 1.52. The number of ether oxygens (including phenoxy) is 1. The fraction of sp³-hybridized carbons (Fsp3) is 0.529. The summed E-state index contributed by atoms with van der Waals surface area (Å²) in [5.41, 5.74) is 1.75. The van der Waals surface area contributed by atoms with Gasteiger partial charge in [0.15, 0.2) is 11.7 Å². The first kappa shape index (κ1) is 14.5. The van der Waals surface area contributed by atoms with Crippen molar-refractivity contribution >= 4 is 5.91 Å². The zero-order chi connectivity index (χ0) is 15.8. The lowest BCUT2D eigenvalue weighted by atomic mass is 10.0. The number of hydrogen-bond donors (Lipinski definition) is 0. The Morgan fingerprint density at radius 3 is 2.91 bits per heavy atom. The number of nitrogens with zero attached hydrogens (tertiary/aromatic N) is 2. The molecule has 0 atom stereocenters. The van der Waals surface area contributed by atoms with E-state index >= 15 is 0 Å². The number of oxazole rings is 1. The number of hydrogen-bond acceptors (Lipinski definition) is 5. The van der Waals surface area contributed by atoms with E-state index in [2.05, 4.69) is 4.98 Å². The average Bonchev–Trinajstić information content (AvgIpc) is 3.20. The molecule has 0 aliphatic carbocycles. The van der Waals surface area contributed by atoms with Crippen LogP contribution in [-0.4, -0.2) is 35.5 Å². The van der Waals surface area contributed by atoms with Crippen LogP contribution in [0.5, 0.6) is 0 Å². The largest absolute Gasteiger partial charge is 0.459 e. The molecule has 0 aromatic carbocycles. The minimum atomic E-state index is -0.0752. The zero-order valence-corrected chi connectivity index (χ0v) is 13.2. The average molecular weight is 316 g/mol. The highest BCUT2D eigenvalue weighted by molar-refractivity contribution is 5.92. The van der Waals surface area contributed by atoms with E-state index in [0.717, 1.165) is 49.0 Å². The van der Waals surface area contributed by atoms with E-state index in [-0.39, 0.29) is 5.91 Å². The quantitative estimate of drug-likeness (QED) is 0.852. The maximum atomic E-state index is 12.6. The number of fused-ring (bicyclic) bond motifs is 1. The molecule has 6 nitrogen and oxygen atoms in total. The van der Waals surface area contributed by atoms with Crippen LogP contribution in [0.25, 0.3) is 0 Å². The Morgan fingerprint density at radius 2 is 2.17 bits per heavy atom. The van der Waals surface area contributed by atoms with Crippen LogP contribution >= 0.6 is 0 Å². The van der Waals surface area contributed by atoms with Gasteiger partial charge in [0.05, 0.1) is 12.8 Å². The molecule has 2 aromatic heterocycles. The summed E-state index contributed by atoms with van der Waals surface area (Å²) in [7, 11) is 0. The molecule has 4 heterocycles. The van der Waals surface area contributed by atoms with Crippen molar-refractivity contribution in [3.8, 4) is 0 Å². The normalized spacial score (nSPS) is 18.9. The van der Waals surface area contributed by atoms with Crippen LogP contribution in [-0.2, 0) is 17.7 Å². The fourth-order valence-corrected chi connectivity index (χ4v) is 3.25. The zero-order valence-electron chi connectivity index (χ0n) is 13.2. The van der Waals surface area contributed by atoms with Gasteiger partial charge in [-0.1, -0.05) is 0 Å². The van der Waals surface area contributed by atoms with Gasteiger partial charge in [0, 0.05) is 37.7 Å². The van der Waals surface area contributed by atoms with Crippen LogP contribution in [0.1, 0.15) is 52.2 Å². The van der Waals surface area contributed by atoms with Crippen molar-refractivity contribution in [2.24, 2.45) is 0 Å². The first-order valence-electron chi connectivity index (χ1n) is 8.12. The maximum Gasteiger partial charge on any atom is 0.290 e. The molecule has 2 aliphatic rings. The van der Waals surface area contributed by atoms with Crippen molar-refractivity contribution in [3.05, 3.63) is 41.0 Å². The van der Waals surface area contributed by atoms with Crippen molar-refractivity contribution < 1.29 is 18.4 Å². The summed E-state index contributed by atoms with van der Waals surface area (Å²) in [4.78, 5) is 19.0. The van der Waals surface area contributed by atoms with Gasteiger partial charge in [-0.3, -0.25) is 4.79 Å². The van der Waals surface area contributed by atoms with Crippen molar-refractivity contribution in [1.82, 2.24) is 9.88 Å². The summed E-state index contributed by atoms with van der Waals surface area (Å²) in [5.74, 6) is 2.41. The minimum absolute atomic E-state index is 0.0752. The van der Waals surface area contributed by atoms with Crippen LogP contribution in [0.15, 0.2) is 21.2 Å². The molecule has 0 unspecified atom stereocenters. The van der Waals surface area contributed by atoms with Crippen LogP contribution in [0, 0.1) is 6.92 Å². The molecule has 6 heteroatoms. The Morgan fingerprint density at radius 1 is 1.35 bits per heavy atom. The van der Waals surface area contributed by atoms with Gasteiger partial charge in [-0.05, 0) is 25.8 Å². The van der Waals surface area contributed by atoms with Gasteiger partial charge < -0.3 is 18.5 Å². The molecule has 0 radical (unpaired) electrons. The van der Waals surface area contributed by atoms with E-state index in [1.165, 1.54) is 0 Å². The van der Waals surface area contributed by atoms with Crippen molar-refractivity contribution in [2.45, 2.75) is 38.6 Å². The number of carbonyl (C=O) groups excluding carboxylic acids is 1. The number of aromatic nitrogens is 1. The van der Waals surface area contributed by atoms with E-state index in [9.17, 15) is 4.79 Å². The van der Waals surface area contributed by atoms with Gasteiger partial charge in [-0.2, -0.15) is 0 Å². The number of amides is 1. The third-order valence-corrected chi connectivity index (χ3v) is 4.66. The Kier molecular flexibility index (Phi) is 3.69. The molecule has 1 amide bonds. The summed E-state index contributed by atoms with van der Waals surface area (Å²) in [5, 5.41) is 0. The molecule has 2 aromatic rings. The fourth-order valence-electron chi connectivity index (χ4n) is 3.25. The third kappa shape index (κ3) is 2.67. The Hall–Kier alpha value is -2.08. The smallest absolute Gasteiger partial charge is 0.290 e. The SMILES string of the molecule is Cc1ccoc1C(=O)N1CCc2oc(C3CCOCC3)nc2C1. The van der Waals surface area contributed by atoms with Gasteiger partial charge in [-0.25, -0.2) is 4.98 Å². The van der Waals surface area contributed by atoms with Gasteiger partial charge in [0.25, 0.3) is 5.91 Å². The summed E-state index contributed by atoms with van der Waals surface area (Å²) < 4.78 is 16.7. The van der Waals surface area contributed by atoms with Crippen molar-refractivity contribution in [1.29, 1.82) is 0 Å². The Labute approximate surface area is 134 Å². The van der Waals surface area contributed by atoms with Crippen molar-refractivity contribution in [2.75, 3.05) is 19.8 Å². The van der Waals surface area contributed by atoms with Gasteiger partial charge in [0.2, 0.25) is 0 Å². The molecule has 0 N–H and O–H groups in total. The second-order valence-corrected chi connectivity index (χ2v) is 6.22. The lowest BCUT2D eigenvalue weighted by molar-refractivity contribution is 0.0693. The lowest BCUT2D eigenvalue weighted by Gasteiger charge is -2.24. The molecule has 0 bridgehead atoms. The van der Waals surface area contributed by atoms with E-state index in [4.69, 9.17) is 13.6 Å². The molecular formula is C17H20N2O4. The minimum Gasteiger partial charge on any atom is -0.459 e. The number of rotatable bonds is 2. The molecule has 23 heavy (non-hydrogen) atoms. The van der Waals surface area contributed by atoms with Gasteiger partial charge >= 0.3 is 0 Å². The first-order valence-corrected chi connectivity index (χ1v) is 8.12. The topological polar surface area (TPSA) is 68.7 Å². The van der Waals surface area contributed by atoms with Crippen LogP contribution in [0.3, 0.4) is 0 Å². The Bertz CT molecular complexity index is 712. The maximum absolute atomic E-state index is 12.6. The number of aryl methyl sites for hydroxylation is 1. The highest BCUT2D eigenvalue weighted by Gasteiger charge is 2.30. The number of carbonyl (C=O) groups is 1. The molecular weight excluding hydrogens is 296 g/mol. The summed E-state index contributed by atoms with van der Waals surface area (Å²) >= 11 is 0. The predicted molar refractivity (Wildman–Crippen MR) is 81.2 cm³/mol. The van der Waals surface area contributed by atoms with Crippen LogP contribution in [0.2, 0.25) is 0 Å². The summed E-state index contributed by atoms with van der Waals surface area (Å²) in [6, 6.07) is 1.81. The molecule has 0 spiro atoms. The first-order chi connectivity index (χ1) is 11.2. The van der Waals surface area contributed by atoms with E-state index in [0.29, 0.717) is 31.2 Å². The third-order valence-electron chi connectivity index (χ3n) is 4.66. The summed E-state index contributed by atoms with van der Waals surface area (Å²) in [6.07, 6.45) is 4.16.